The Morgan fingerprint density at radius 1 is 1.40 bits per heavy atom. The number of aromatic amines is 1. The van der Waals surface area contributed by atoms with Crippen LogP contribution in [0.25, 0.3) is 0 Å². The highest BCUT2D eigenvalue weighted by Crippen LogP contribution is 2.23. The van der Waals surface area contributed by atoms with Crippen molar-refractivity contribution in [3.63, 3.8) is 0 Å². The van der Waals surface area contributed by atoms with Gasteiger partial charge in [-0.1, -0.05) is 27.7 Å². The highest BCUT2D eigenvalue weighted by atomic mass is 32.1. The Hall–Kier alpha value is -0.640. The fraction of sp³-hybridized carbons (Fsp3) is 0.818. The topological polar surface area (TPSA) is 33.6 Å². The summed E-state index contributed by atoms with van der Waals surface area (Å²) in [6.45, 7) is 9.85. The number of aromatic nitrogens is 3. The van der Waals surface area contributed by atoms with Crippen molar-refractivity contribution in [3.8, 4) is 0 Å². The van der Waals surface area contributed by atoms with Crippen molar-refractivity contribution in [2.24, 2.45) is 5.41 Å². The number of nitrogens with one attached hydrogen (secondary N) is 1. The molecular formula is C11H21N3S. The molecule has 86 valence electrons. The van der Waals surface area contributed by atoms with E-state index in [-0.39, 0.29) is 5.41 Å². The SMILES string of the molecule is CCCc1n[nH]c(=S)n1CC(C)(C)CC. The summed E-state index contributed by atoms with van der Waals surface area (Å²) in [7, 11) is 0. The molecule has 1 rings (SSSR count). The van der Waals surface area contributed by atoms with Crippen molar-refractivity contribution in [2.75, 3.05) is 0 Å². The van der Waals surface area contributed by atoms with Crippen LogP contribution in [0.15, 0.2) is 0 Å². The third-order valence-corrected chi connectivity index (χ3v) is 3.17. The standard InChI is InChI=1S/C11H21N3S/c1-5-7-9-12-13-10(15)14(9)8-11(3,4)6-2/h5-8H2,1-4H3,(H,13,15). The van der Waals surface area contributed by atoms with E-state index in [4.69, 9.17) is 12.2 Å². The van der Waals surface area contributed by atoms with Gasteiger partial charge in [0.25, 0.3) is 0 Å². The van der Waals surface area contributed by atoms with Gasteiger partial charge in [-0.25, -0.2) is 0 Å². The lowest BCUT2D eigenvalue weighted by Gasteiger charge is -2.23. The van der Waals surface area contributed by atoms with Gasteiger partial charge in [0.15, 0.2) is 4.77 Å². The number of H-pyrrole nitrogens is 1. The van der Waals surface area contributed by atoms with Crippen molar-refractivity contribution in [1.82, 2.24) is 14.8 Å². The first-order valence-corrected chi connectivity index (χ1v) is 6.05. The number of rotatable bonds is 5. The first-order chi connectivity index (χ1) is 7.00. The van der Waals surface area contributed by atoms with E-state index in [1.165, 1.54) is 0 Å². The lowest BCUT2D eigenvalue weighted by atomic mass is 9.90. The molecule has 0 saturated carbocycles. The van der Waals surface area contributed by atoms with Gasteiger partial charge in [-0.05, 0) is 30.5 Å². The van der Waals surface area contributed by atoms with Gasteiger partial charge in [-0.3, -0.25) is 5.10 Å². The van der Waals surface area contributed by atoms with E-state index in [1.807, 2.05) is 0 Å². The summed E-state index contributed by atoms with van der Waals surface area (Å²) >= 11 is 5.25. The maximum absolute atomic E-state index is 5.25. The molecule has 1 heterocycles. The molecule has 0 fully saturated rings. The first kappa shape index (κ1) is 12.4. The molecule has 0 aromatic carbocycles. The smallest absolute Gasteiger partial charge is 0.195 e. The number of hydrogen-bond acceptors (Lipinski definition) is 2. The number of hydrogen-bond donors (Lipinski definition) is 1. The molecule has 0 saturated heterocycles. The molecule has 15 heavy (non-hydrogen) atoms. The molecule has 0 aliphatic heterocycles. The highest BCUT2D eigenvalue weighted by molar-refractivity contribution is 7.71. The van der Waals surface area contributed by atoms with Gasteiger partial charge in [0.05, 0.1) is 0 Å². The molecule has 0 spiro atoms. The third-order valence-electron chi connectivity index (χ3n) is 2.85. The van der Waals surface area contributed by atoms with E-state index in [0.717, 1.165) is 36.4 Å². The molecule has 3 nitrogen and oxygen atoms in total. The fourth-order valence-corrected chi connectivity index (χ4v) is 1.68. The largest absolute Gasteiger partial charge is 0.304 e. The van der Waals surface area contributed by atoms with Gasteiger partial charge in [-0.15, -0.1) is 0 Å². The molecule has 0 aliphatic carbocycles. The normalized spacial score (nSPS) is 12.0. The van der Waals surface area contributed by atoms with Crippen LogP contribution in [-0.2, 0) is 13.0 Å². The maximum Gasteiger partial charge on any atom is 0.195 e. The van der Waals surface area contributed by atoms with E-state index in [9.17, 15) is 0 Å². The Bertz CT molecular complexity index is 362. The number of nitrogens with zero attached hydrogens (tertiary/aromatic N) is 2. The van der Waals surface area contributed by atoms with Gasteiger partial charge >= 0.3 is 0 Å². The van der Waals surface area contributed by atoms with Crippen molar-refractivity contribution in [2.45, 2.75) is 53.5 Å². The zero-order valence-corrected chi connectivity index (χ0v) is 10.9. The maximum atomic E-state index is 5.25. The Morgan fingerprint density at radius 3 is 2.60 bits per heavy atom. The van der Waals surface area contributed by atoms with Gasteiger partial charge in [0.2, 0.25) is 0 Å². The molecule has 4 heteroatoms. The molecule has 0 radical (unpaired) electrons. The monoisotopic (exact) mass is 227 g/mol. The molecule has 0 bridgehead atoms. The second-order valence-electron chi connectivity index (χ2n) is 4.80. The minimum Gasteiger partial charge on any atom is -0.304 e. The quantitative estimate of drug-likeness (QED) is 0.783. The fourth-order valence-electron chi connectivity index (χ4n) is 1.47. The molecular weight excluding hydrogens is 206 g/mol. The predicted octanol–water partition coefficient (Wildman–Crippen LogP) is 3.33. The van der Waals surface area contributed by atoms with Crippen LogP contribution in [0.4, 0.5) is 0 Å². The van der Waals surface area contributed by atoms with Crippen LogP contribution in [0.1, 0.15) is 46.4 Å². The first-order valence-electron chi connectivity index (χ1n) is 5.64. The van der Waals surface area contributed by atoms with Crippen LogP contribution in [0.3, 0.4) is 0 Å². The Balaban J connectivity index is 2.92. The van der Waals surface area contributed by atoms with Crippen molar-refractivity contribution >= 4 is 12.2 Å². The average Bonchev–Trinajstić information content (AvgIpc) is 2.50. The summed E-state index contributed by atoms with van der Waals surface area (Å²) in [6.07, 6.45) is 3.24. The van der Waals surface area contributed by atoms with Crippen LogP contribution in [-0.4, -0.2) is 14.8 Å². The van der Waals surface area contributed by atoms with Crippen molar-refractivity contribution < 1.29 is 0 Å². The van der Waals surface area contributed by atoms with Crippen LogP contribution in [0.2, 0.25) is 0 Å². The molecule has 1 aromatic rings. The third kappa shape index (κ3) is 3.16. The van der Waals surface area contributed by atoms with E-state index in [0.29, 0.717) is 0 Å². The van der Waals surface area contributed by atoms with E-state index in [1.54, 1.807) is 0 Å². The average molecular weight is 227 g/mol. The predicted molar refractivity (Wildman–Crippen MR) is 65.5 cm³/mol. The van der Waals surface area contributed by atoms with E-state index in [2.05, 4.69) is 42.5 Å². The minimum atomic E-state index is 0.282. The molecule has 1 aromatic heterocycles. The second-order valence-corrected chi connectivity index (χ2v) is 5.19. The van der Waals surface area contributed by atoms with Crippen LogP contribution in [0, 0.1) is 10.2 Å². The lowest BCUT2D eigenvalue weighted by Crippen LogP contribution is -2.20. The molecule has 0 atom stereocenters. The van der Waals surface area contributed by atoms with Gasteiger partial charge < -0.3 is 4.57 Å². The molecule has 0 unspecified atom stereocenters. The molecule has 0 aliphatic rings. The number of aryl methyl sites for hydroxylation is 1. The van der Waals surface area contributed by atoms with Crippen LogP contribution in [0.5, 0.6) is 0 Å². The Morgan fingerprint density at radius 2 is 2.07 bits per heavy atom. The van der Waals surface area contributed by atoms with Crippen LogP contribution >= 0.6 is 12.2 Å². The summed E-state index contributed by atoms with van der Waals surface area (Å²) in [4.78, 5) is 0. The van der Waals surface area contributed by atoms with Crippen LogP contribution < -0.4 is 0 Å². The summed E-state index contributed by atoms with van der Waals surface area (Å²) < 4.78 is 2.89. The second kappa shape index (κ2) is 4.92. The highest BCUT2D eigenvalue weighted by Gasteiger charge is 2.18. The lowest BCUT2D eigenvalue weighted by molar-refractivity contribution is 0.288. The zero-order valence-electron chi connectivity index (χ0n) is 10.1. The molecule has 0 amide bonds. The van der Waals surface area contributed by atoms with Crippen molar-refractivity contribution in [1.29, 1.82) is 0 Å². The van der Waals surface area contributed by atoms with Gasteiger partial charge in [0, 0.05) is 13.0 Å². The summed E-state index contributed by atoms with van der Waals surface area (Å²) in [6, 6.07) is 0. The summed E-state index contributed by atoms with van der Waals surface area (Å²) in [5.74, 6) is 1.09. The summed E-state index contributed by atoms with van der Waals surface area (Å²) in [5.41, 5.74) is 0.282. The van der Waals surface area contributed by atoms with E-state index < -0.39 is 0 Å². The Labute approximate surface area is 96.9 Å². The Kier molecular flexibility index (Phi) is 4.08. The minimum absolute atomic E-state index is 0.282. The van der Waals surface area contributed by atoms with Gasteiger partial charge in [0.1, 0.15) is 5.82 Å². The van der Waals surface area contributed by atoms with Gasteiger partial charge in [-0.2, -0.15) is 5.10 Å². The van der Waals surface area contributed by atoms with Crippen molar-refractivity contribution in [3.05, 3.63) is 10.6 Å². The summed E-state index contributed by atoms with van der Waals surface area (Å²) in [5, 5.41) is 7.15. The van der Waals surface area contributed by atoms with E-state index >= 15 is 0 Å². The molecule has 1 N–H and O–H groups in total. The zero-order chi connectivity index (χ0) is 11.5.